The van der Waals surface area contributed by atoms with E-state index in [1.807, 2.05) is 12.1 Å². The van der Waals surface area contributed by atoms with E-state index in [-0.39, 0.29) is 35.8 Å². The number of amides is 2. The van der Waals surface area contributed by atoms with E-state index < -0.39 is 12.1 Å². The minimum absolute atomic E-state index is 0.0261. The molecule has 0 unspecified atom stereocenters. The van der Waals surface area contributed by atoms with E-state index in [1.54, 1.807) is 4.90 Å². The molecular weight excluding hydrogens is 433 g/mol. The maximum atomic E-state index is 13.6. The number of nitrogens with two attached hydrogens (primary N) is 1. The average molecular weight is 468 g/mol. The molecule has 1 aliphatic carbocycles. The van der Waals surface area contributed by atoms with Crippen molar-refractivity contribution in [3.63, 3.8) is 0 Å². The van der Waals surface area contributed by atoms with E-state index in [1.165, 1.54) is 31.4 Å². The van der Waals surface area contributed by atoms with Gasteiger partial charge in [0.25, 0.3) is 0 Å². The van der Waals surface area contributed by atoms with Gasteiger partial charge in [-0.2, -0.15) is 5.26 Å². The molecule has 3 heterocycles. The van der Waals surface area contributed by atoms with Gasteiger partial charge < -0.3 is 15.5 Å². The van der Waals surface area contributed by atoms with Crippen LogP contribution in [-0.2, 0) is 9.59 Å². The molecule has 182 valence electrons. The zero-order valence-corrected chi connectivity index (χ0v) is 19.6. The topological polar surface area (TPSA) is 93.7 Å². The molecule has 0 aromatic heterocycles. The number of nitriles is 1. The molecule has 2 N–H and O–H groups in total. The van der Waals surface area contributed by atoms with E-state index in [9.17, 15) is 19.2 Å². The van der Waals surface area contributed by atoms with Gasteiger partial charge in [0.2, 0.25) is 11.8 Å². The zero-order chi connectivity index (χ0) is 23.8. The molecule has 0 radical (unpaired) electrons. The lowest BCUT2D eigenvalue weighted by molar-refractivity contribution is -0.142. The van der Waals surface area contributed by atoms with Gasteiger partial charge >= 0.3 is 0 Å². The van der Waals surface area contributed by atoms with Crippen LogP contribution in [0.25, 0.3) is 0 Å². The van der Waals surface area contributed by atoms with Gasteiger partial charge in [0, 0.05) is 25.7 Å². The van der Waals surface area contributed by atoms with Gasteiger partial charge in [0.1, 0.15) is 11.9 Å². The van der Waals surface area contributed by atoms with Crippen molar-refractivity contribution in [2.24, 2.45) is 11.7 Å². The Kier molecular flexibility index (Phi) is 6.59. The van der Waals surface area contributed by atoms with Crippen molar-refractivity contribution in [3.8, 4) is 6.07 Å². The van der Waals surface area contributed by atoms with Crippen molar-refractivity contribution in [3.05, 3.63) is 35.6 Å². The van der Waals surface area contributed by atoms with Gasteiger partial charge in [-0.1, -0.05) is 31.4 Å². The van der Waals surface area contributed by atoms with E-state index >= 15 is 0 Å². The van der Waals surface area contributed by atoms with E-state index in [0.29, 0.717) is 32.0 Å². The van der Waals surface area contributed by atoms with Crippen LogP contribution in [0.2, 0.25) is 0 Å². The minimum atomic E-state index is -0.735. The summed E-state index contributed by atoms with van der Waals surface area (Å²) in [6, 6.07) is 7.52. The summed E-state index contributed by atoms with van der Waals surface area (Å²) in [6.07, 6.45) is 8.01. The number of nitrogens with zero attached hydrogens (tertiary/aromatic N) is 4. The van der Waals surface area contributed by atoms with Crippen molar-refractivity contribution in [2.75, 3.05) is 19.6 Å². The molecule has 4 aliphatic rings. The highest BCUT2D eigenvalue weighted by Gasteiger charge is 2.53. The normalized spacial score (nSPS) is 29.4. The molecule has 5 atom stereocenters. The molecule has 5 rings (SSSR count). The summed E-state index contributed by atoms with van der Waals surface area (Å²) in [4.78, 5) is 32.3. The second kappa shape index (κ2) is 9.63. The molecule has 7 nitrogen and oxygen atoms in total. The molecule has 1 saturated carbocycles. The Hall–Kier alpha value is -2.50. The maximum Gasteiger partial charge on any atom is 0.241 e. The monoisotopic (exact) mass is 467 g/mol. The lowest BCUT2D eigenvalue weighted by Gasteiger charge is -2.43. The van der Waals surface area contributed by atoms with E-state index in [0.717, 1.165) is 31.2 Å². The fourth-order valence-corrected chi connectivity index (χ4v) is 6.73. The Bertz CT molecular complexity index is 957. The summed E-state index contributed by atoms with van der Waals surface area (Å²) in [5.41, 5.74) is 7.30. The van der Waals surface area contributed by atoms with Gasteiger partial charge in [-0.05, 0) is 55.7 Å². The highest BCUT2D eigenvalue weighted by Crippen LogP contribution is 2.45. The van der Waals surface area contributed by atoms with Crippen molar-refractivity contribution >= 4 is 11.8 Å². The van der Waals surface area contributed by atoms with Crippen molar-refractivity contribution < 1.29 is 14.0 Å². The van der Waals surface area contributed by atoms with Gasteiger partial charge in [0.05, 0.1) is 24.2 Å². The number of likely N-dealkylation sites (tertiary alicyclic amines) is 3. The molecule has 4 fully saturated rings. The maximum absolute atomic E-state index is 13.6. The largest absolute Gasteiger partial charge is 0.330 e. The Balaban J connectivity index is 1.30. The predicted molar refractivity (Wildman–Crippen MR) is 125 cm³/mol. The number of hydrogen-bond donors (Lipinski definition) is 1. The first-order chi connectivity index (χ1) is 16.5. The van der Waals surface area contributed by atoms with Crippen LogP contribution in [0.3, 0.4) is 0 Å². The first-order valence-corrected chi connectivity index (χ1v) is 12.8. The molecule has 8 heteroatoms. The van der Waals surface area contributed by atoms with Crippen LogP contribution >= 0.6 is 0 Å². The Morgan fingerprint density at radius 2 is 1.88 bits per heavy atom. The van der Waals surface area contributed by atoms with Crippen molar-refractivity contribution in [1.29, 1.82) is 5.26 Å². The zero-order valence-electron chi connectivity index (χ0n) is 19.6. The highest BCUT2D eigenvalue weighted by atomic mass is 19.1. The number of hydrogen-bond acceptors (Lipinski definition) is 5. The summed E-state index contributed by atoms with van der Waals surface area (Å²) in [6.45, 7) is 1.60. The fraction of sp³-hybridized carbons (Fsp3) is 0.654. The lowest BCUT2D eigenvalue weighted by atomic mass is 9.80. The van der Waals surface area contributed by atoms with Crippen LogP contribution in [0.4, 0.5) is 4.39 Å². The molecule has 2 amide bonds. The number of halogens is 1. The van der Waals surface area contributed by atoms with Crippen LogP contribution in [0, 0.1) is 23.1 Å². The SMILES string of the molecule is N#C[C@@H]1CCCN1C(=O)[C@@H](N)CN1C[C@H]2C[C@@H]1C(=O)N2[C@H](c1ccc(F)cc1)C1CCCCC1. The number of fused-ring (bicyclic) bond motifs is 2. The highest BCUT2D eigenvalue weighted by molar-refractivity contribution is 5.87. The number of carbonyl (C=O) groups excluding carboxylic acids is 2. The van der Waals surface area contributed by atoms with E-state index in [2.05, 4.69) is 15.9 Å². The average Bonchev–Trinajstić information content (AvgIpc) is 3.56. The molecule has 0 spiro atoms. The number of carbonyl (C=O) groups is 2. The van der Waals surface area contributed by atoms with Crippen molar-refractivity contribution in [1.82, 2.24) is 14.7 Å². The van der Waals surface area contributed by atoms with Crippen LogP contribution in [0.1, 0.15) is 63.0 Å². The molecule has 2 bridgehead atoms. The van der Waals surface area contributed by atoms with Crippen LogP contribution < -0.4 is 5.73 Å². The molecule has 1 aromatic carbocycles. The van der Waals surface area contributed by atoms with Gasteiger partial charge in [-0.15, -0.1) is 0 Å². The number of piperazine rings is 1. The Labute approximate surface area is 200 Å². The summed E-state index contributed by atoms with van der Waals surface area (Å²) in [7, 11) is 0. The standard InChI is InChI=1S/C26H34FN5O2/c27-19-10-8-18(9-11-19)24(17-5-2-1-3-6-17)32-21-13-23(26(32)34)30(15-21)16-22(29)25(33)31-12-4-7-20(31)14-28/h8-11,17,20-24H,1-7,12-13,15-16,29H2/t20-,21+,22-,23+,24-/m0/s1. The third-order valence-corrected chi connectivity index (χ3v) is 8.36. The fourth-order valence-electron chi connectivity index (χ4n) is 6.73. The predicted octanol–water partition coefficient (Wildman–Crippen LogP) is 2.57. The second-order valence-electron chi connectivity index (χ2n) is 10.4. The van der Waals surface area contributed by atoms with Gasteiger partial charge in [0.15, 0.2) is 0 Å². The quantitative estimate of drug-likeness (QED) is 0.694. The summed E-state index contributed by atoms with van der Waals surface area (Å²) < 4.78 is 13.6. The number of benzene rings is 1. The van der Waals surface area contributed by atoms with Crippen molar-refractivity contribution in [2.45, 2.75) is 81.6 Å². The van der Waals surface area contributed by atoms with Crippen LogP contribution in [-0.4, -0.2) is 70.3 Å². The smallest absolute Gasteiger partial charge is 0.241 e. The third kappa shape index (κ3) is 4.20. The second-order valence-corrected chi connectivity index (χ2v) is 10.4. The minimum Gasteiger partial charge on any atom is -0.330 e. The first-order valence-electron chi connectivity index (χ1n) is 12.8. The van der Waals surface area contributed by atoms with Gasteiger partial charge in [-0.25, -0.2) is 4.39 Å². The summed E-state index contributed by atoms with van der Waals surface area (Å²) in [5.74, 6) is 0.0363. The summed E-state index contributed by atoms with van der Waals surface area (Å²) in [5, 5.41) is 9.30. The Morgan fingerprint density at radius 1 is 1.15 bits per heavy atom. The Morgan fingerprint density at radius 3 is 2.56 bits per heavy atom. The molecule has 3 saturated heterocycles. The van der Waals surface area contributed by atoms with E-state index in [4.69, 9.17) is 5.73 Å². The first kappa shape index (κ1) is 23.3. The molecule has 1 aromatic rings. The number of rotatable bonds is 6. The van der Waals surface area contributed by atoms with Crippen LogP contribution in [0.5, 0.6) is 0 Å². The lowest BCUT2D eigenvalue weighted by Crippen LogP contribution is -2.57. The van der Waals surface area contributed by atoms with Crippen LogP contribution in [0.15, 0.2) is 24.3 Å². The van der Waals surface area contributed by atoms with Gasteiger partial charge in [-0.3, -0.25) is 14.5 Å². The molecular formula is C26H34FN5O2. The molecule has 34 heavy (non-hydrogen) atoms. The summed E-state index contributed by atoms with van der Waals surface area (Å²) >= 11 is 0. The third-order valence-electron chi connectivity index (χ3n) is 8.36. The molecule has 3 aliphatic heterocycles.